The van der Waals surface area contributed by atoms with Gasteiger partial charge in [0.1, 0.15) is 0 Å². The highest BCUT2D eigenvalue weighted by Gasteiger charge is 2.17. The van der Waals surface area contributed by atoms with Crippen LogP contribution >= 0.6 is 15.9 Å². The maximum Gasteiger partial charge on any atom is 0.0464 e. The Balaban J connectivity index is 2.59. The Bertz CT molecular complexity index is 377. The van der Waals surface area contributed by atoms with Gasteiger partial charge in [-0.2, -0.15) is 0 Å². The minimum Gasteiger partial charge on any atom is -0.385 e. The molecule has 0 amide bonds. The van der Waals surface area contributed by atoms with E-state index in [0.717, 1.165) is 37.0 Å². The van der Waals surface area contributed by atoms with Gasteiger partial charge in [-0.1, -0.05) is 48.8 Å². The molecule has 120 valence electrons. The first-order valence-electron chi connectivity index (χ1n) is 7.97. The third-order valence-corrected chi connectivity index (χ3v) is 4.48. The van der Waals surface area contributed by atoms with Gasteiger partial charge >= 0.3 is 0 Å². The lowest BCUT2D eigenvalue weighted by atomic mass is 9.86. The molecule has 3 heteroatoms. The predicted molar refractivity (Wildman–Crippen MR) is 94.7 cm³/mol. The van der Waals surface area contributed by atoms with Crippen molar-refractivity contribution in [3.05, 3.63) is 34.3 Å². The Morgan fingerprint density at radius 2 is 1.76 bits per heavy atom. The third kappa shape index (κ3) is 7.98. The maximum absolute atomic E-state index is 5.24. The lowest BCUT2D eigenvalue weighted by Crippen LogP contribution is -2.31. The molecular formula is C18H30BrNO. The van der Waals surface area contributed by atoms with Crippen molar-refractivity contribution in [2.24, 2.45) is 17.8 Å². The van der Waals surface area contributed by atoms with E-state index in [-0.39, 0.29) is 0 Å². The summed E-state index contributed by atoms with van der Waals surface area (Å²) < 4.78 is 6.39. The number of methoxy groups -OCH3 is 1. The van der Waals surface area contributed by atoms with Gasteiger partial charge in [-0.05, 0) is 61.4 Å². The molecule has 1 N–H and O–H groups in total. The second-order valence-electron chi connectivity index (χ2n) is 6.40. The molecule has 0 aromatic heterocycles. The fourth-order valence-electron chi connectivity index (χ4n) is 2.49. The quantitative estimate of drug-likeness (QED) is 0.665. The highest BCUT2D eigenvalue weighted by Crippen LogP contribution is 2.21. The molecule has 0 spiro atoms. The molecule has 0 aliphatic carbocycles. The van der Waals surface area contributed by atoms with Crippen LogP contribution < -0.4 is 5.32 Å². The number of ether oxygens (including phenoxy) is 1. The number of nitrogens with one attached hydrogen (secondary N) is 1. The van der Waals surface area contributed by atoms with Gasteiger partial charge in [0, 0.05) is 18.2 Å². The smallest absolute Gasteiger partial charge is 0.0464 e. The molecule has 0 aliphatic heterocycles. The van der Waals surface area contributed by atoms with E-state index >= 15 is 0 Å². The van der Waals surface area contributed by atoms with Gasteiger partial charge in [-0.15, -0.1) is 0 Å². The van der Waals surface area contributed by atoms with E-state index in [9.17, 15) is 0 Å². The summed E-state index contributed by atoms with van der Waals surface area (Å²) in [5.41, 5.74) is 1.42. The summed E-state index contributed by atoms with van der Waals surface area (Å²) in [6, 6.07) is 8.71. The fraction of sp³-hybridized carbons (Fsp3) is 0.667. The van der Waals surface area contributed by atoms with E-state index in [1.54, 1.807) is 7.11 Å². The molecule has 1 aromatic carbocycles. The normalized spacial score (nSPS) is 14.4. The van der Waals surface area contributed by atoms with Crippen LogP contribution in [0, 0.1) is 17.8 Å². The van der Waals surface area contributed by atoms with Crippen molar-refractivity contribution in [1.29, 1.82) is 0 Å². The Morgan fingerprint density at radius 1 is 1.10 bits per heavy atom. The molecule has 1 rings (SSSR count). The SMILES string of the molecule is COCCC(C)C(CNCC(C)C)Cc1ccc(Br)cc1. The maximum atomic E-state index is 5.24. The molecule has 0 saturated heterocycles. The van der Waals surface area contributed by atoms with Crippen molar-refractivity contribution >= 4 is 15.9 Å². The number of rotatable bonds is 10. The lowest BCUT2D eigenvalue weighted by molar-refractivity contribution is 0.163. The van der Waals surface area contributed by atoms with Crippen molar-refractivity contribution < 1.29 is 4.74 Å². The predicted octanol–water partition coefficient (Wildman–Crippen LogP) is 4.53. The first-order chi connectivity index (χ1) is 10.0. The van der Waals surface area contributed by atoms with Crippen molar-refractivity contribution in [3.8, 4) is 0 Å². The molecule has 0 bridgehead atoms. The number of hydrogen-bond acceptors (Lipinski definition) is 2. The van der Waals surface area contributed by atoms with E-state index in [1.165, 1.54) is 5.56 Å². The van der Waals surface area contributed by atoms with Gasteiger partial charge in [0.2, 0.25) is 0 Å². The third-order valence-electron chi connectivity index (χ3n) is 3.95. The highest BCUT2D eigenvalue weighted by molar-refractivity contribution is 9.10. The second-order valence-corrected chi connectivity index (χ2v) is 7.32. The minimum absolute atomic E-state index is 0.653. The largest absolute Gasteiger partial charge is 0.385 e. The van der Waals surface area contributed by atoms with Crippen LogP contribution in [0.25, 0.3) is 0 Å². The monoisotopic (exact) mass is 355 g/mol. The van der Waals surface area contributed by atoms with Crippen LogP contribution in [-0.4, -0.2) is 26.8 Å². The first kappa shape index (κ1) is 18.7. The van der Waals surface area contributed by atoms with Crippen molar-refractivity contribution in [1.82, 2.24) is 5.32 Å². The number of hydrogen-bond donors (Lipinski definition) is 1. The molecule has 0 heterocycles. The van der Waals surface area contributed by atoms with Crippen LogP contribution in [0.4, 0.5) is 0 Å². The number of benzene rings is 1. The Hall–Kier alpha value is -0.380. The van der Waals surface area contributed by atoms with Gasteiger partial charge in [-0.3, -0.25) is 0 Å². The Labute approximate surface area is 138 Å². The molecule has 0 fully saturated rings. The Morgan fingerprint density at radius 3 is 2.33 bits per heavy atom. The fourth-order valence-corrected chi connectivity index (χ4v) is 2.76. The summed E-state index contributed by atoms with van der Waals surface area (Å²) in [6.07, 6.45) is 2.25. The zero-order chi connectivity index (χ0) is 15.7. The Kier molecular flexibility index (Phi) is 9.21. The molecular weight excluding hydrogens is 326 g/mol. The average molecular weight is 356 g/mol. The van der Waals surface area contributed by atoms with Crippen LogP contribution in [0.3, 0.4) is 0 Å². The second kappa shape index (κ2) is 10.4. The minimum atomic E-state index is 0.653. The van der Waals surface area contributed by atoms with Gasteiger partial charge in [0.05, 0.1) is 0 Å². The van der Waals surface area contributed by atoms with Crippen molar-refractivity contribution in [3.63, 3.8) is 0 Å². The first-order valence-corrected chi connectivity index (χ1v) is 8.76. The van der Waals surface area contributed by atoms with E-state index in [2.05, 4.69) is 66.3 Å². The molecule has 0 radical (unpaired) electrons. The average Bonchev–Trinajstić information content (AvgIpc) is 2.45. The van der Waals surface area contributed by atoms with Gasteiger partial charge in [0.15, 0.2) is 0 Å². The van der Waals surface area contributed by atoms with E-state index < -0.39 is 0 Å². The standard InChI is InChI=1S/C18H30BrNO/c1-14(2)12-20-13-17(15(3)9-10-21-4)11-16-5-7-18(19)8-6-16/h5-8,14-15,17,20H,9-13H2,1-4H3. The van der Waals surface area contributed by atoms with E-state index in [4.69, 9.17) is 4.74 Å². The summed E-state index contributed by atoms with van der Waals surface area (Å²) in [5, 5.41) is 3.62. The molecule has 2 nitrogen and oxygen atoms in total. The zero-order valence-corrected chi connectivity index (χ0v) is 15.4. The van der Waals surface area contributed by atoms with Crippen LogP contribution in [0.5, 0.6) is 0 Å². The summed E-state index contributed by atoms with van der Waals surface area (Å²) in [7, 11) is 1.79. The summed E-state index contributed by atoms with van der Waals surface area (Å²) in [6.45, 7) is 9.88. The van der Waals surface area contributed by atoms with E-state index in [1.807, 2.05) is 0 Å². The van der Waals surface area contributed by atoms with Crippen LogP contribution in [0.1, 0.15) is 32.8 Å². The van der Waals surface area contributed by atoms with Gasteiger partial charge in [-0.25, -0.2) is 0 Å². The van der Waals surface area contributed by atoms with Gasteiger partial charge < -0.3 is 10.1 Å². The molecule has 1 aromatic rings. The summed E-state index contributed by atoms with van der Waals surface area (Å²) in [5.74, 6) is 2.01. The van der Waals surface area contributed by atoms with Gasteiger partial charge in [0.25, 0.3) is 0 Å². The number of halogens is 1. The van der Waals surface area contributed by atoms with Crippen LogP contribution in [0.2, 0.25) is 0 Å². The summed E-state index contributed by atoms with van der Waals surface area (Å²) in [4.78, 5) is 0. The van der Waals surface area contributed by atoms with Crippen molar-refractivity contribution in [2.75, 3.05) is 26.8 Å². The topological polar surface area (TPSA) is 21.3 Å². The molecule has 21 heavy (non-hydrogen) atoms. The van der Waals surface area contributed by atoms with Crippen LogP contribution in [0.15, 0.2) is 28.7 Å². The van der Waals surface area contributed by atoms with Crippen LogP contribution in [-0.2, 0) is 11.2 Å². The molecule has 2 atom stereocenters. The highest BCUT2D eigenvalue weighted by atomic mass is 79.9. The lowest BCUT2D eigenvalue weighted by Gasteiger charge is -2.25. The molecule has 2 unspecified atom stereocenters. The molecule has 0 aliphatic rings. The zero-order valence-electron chi connectivity index (χ0n) is 13.9. The van der Waals surface area contributed by atoms with Crippen molar-refractivity contribution in [2.45, 2.75) is 33.6 Å². The summed E-state index contributed by atoms with van der Waals surface area (Å²) >= 11 is 3.50. The molecule has 0 saturated carbocycles. The van der Waals surface area contributed by atoms with E-state index in [0.29, 0.717) is 17.8 Å².